The predicted molar refractivity (Wildman–Crippen MR) is 85.3 cm³/mol. The highest BCUT2D eigenvalue weighted by Gasteiger charge is 2.25. The second kappa shape index (κ2) is 6.28. The highest BCUT2D eigenvalue weighted by Crippen LogP contribution is 2.14. The minimum absolute atomic E-state index is 0.0440. The molecular formula is C16H21N3O4. The molecule has 7 nitrogen and oxygen atoms in total. The number of hydrogen-bond acceptors (Lipinski definition) is 4. The third-order valence-electron chi connectivity index (χ3n) is 3.07. The van der Waals surface area contributed by atoms with Gasteiger partial charge >= 0.3 is 12.1 Å². The normalized spacial score (nSPS) is 12.9. The van der Waals surface area contributed by atoms with Gasteiger partial charge in [0.1, 0.15) is 17.5 Å². The number of carboxylic acids is 1. The first kappa shape index (κ1) is 16.8. The van der Waals surface area contributed by atoms with Crippen LogP contribution in [0.4, 0.5) is 4.79 Å². The Morgan fingerprint density at radius 2 is 2.09 bits per heavy atom. The fourth-order valence-corrected chi connectivity index (χ4v) is 2.12. The Labute approximate surface area is 134 Å². The molecule has 7 heteroatoms. The van der Waals surface area contributed by atoms with E-state index >= 15 is 0 Å². The van der Waals surface area contributed by atoms with Crippen molar-refractivity contribution in [1.82, 2.24) is 15.3 Å². The third kappa shape index (κ3) is 4.70. The van der Waals surface area contributed by atoms with Gasteiger partial charge in [-0.25, -0.2) is 14.6 Å². The summed E-state index contributed by atoms with van der Waals surface area (Å²) < 4.78 is 5.09. The van der Waals surface area contributed by atoms with Gasteiger partial charge in [0.25, 0.3) is 0 Å². The van der Waals surface area contributed by atoms with E-state index < -0.39 is 23.7 Å². The lowest BCUT2D eigenvalue weighted by Gasteiger charge is -2.21. The first-order valence-corrected chi connectivity index (χ1v) is 7.31. The van der Waals surface area contributed by atoms with Gasteiger partial charge in [-0.05, 0) is 45.4 Å². The summed E-state index contributed by atoms with van der Waals surface area (Å²) in [5.74, 6) is -0.651. The number of nitrogens with one attached hydrogen (secondary N) is 2. The molecule has 23 heavy (non-hydrogen) atoms. The Bertz CT molecular complexity index is 730. The number of rotatable bonds is 4. The number of aryl methyl sites for hydroxylation is 1. The Morgan fingerprint density at radius 3 is 2.70 bits per heavy atom. The van der Waals surface area contributed by atoms with Crippen molar-refractivity contribution in [2.24, 2.45) is 0 Å². The standard InChI is InChI=1S/C16H21N3O4/c1-9-5-6-10-11(7-9)18-13(17-10)8-12(14(20)21)19-15(22)23-16(2,3)4/h5-7,12H,8H2,1-4H3,(H,17,18)(H,19,22)(H,20,21). The molecule has 124 valence electrons. The van der Waals surface area contributed by atoms with Gasteiger partial charge < -0.3 is 20.1 Å². The van der Waals surface area contributed by atoms with Crippen LogP contribution in [0.25, 0.3) is 11.0 Å². The van der Waals surface area contributed by atoms with Gasteiger partial charge in [-0.1, -0.05) is 6.07 Å². The molecule has 0 aliphatic heterocycles. The fourth-order valence-electron chi connectivity index (χ4n) is 2.12. The molecule has 0 fully saturated rings. The molecule has 1 unspecified atom stereocenters. The maximum absolute atomic E-state index is 11.8. The number of hydrogen-bond donors (Lipinski definition) is 3. The van der Waals surface area contributed by atoms with Gasteiger partial charge in [0.05, 0.1) is 11.0 Å². The number of carbonyl (C=O) groups is 2. The number of H-pyrrole nitrogens is 1. The molecule has 3 N–H and O–H groups in total. The van der Waals surface area contributed by atoms with Gasteiger partial charge in [0.2, 0.25) is 0 Å². The van der Waals surface area contributed by atoms with Crippen LogP contribution in [0.15, 0.2) is 18.2 Å². The number of imidazole rings is 1. The number of carbonyl (C=O) groups excluding carboxylic acids is 1. The molecule has 0 aliphatic carbocycles. The molecule has 2 rings (SSSR count). The summed E-state index contributed by atoms with van der Waals surface area (Å²) >= 11 is 0. The number of benzene rings is 1. The van der Waals surface area contributed by atoms with Crippen LogP contribution in [0.3, 0.4) is 0 Å². The molecule has 0 saturated carbocycles. The fraction of sp³-hybridized carbons (Fsp3) is 0.438. The smallest absolute Gasteiger partial charge is 0.408 e. The van der Waals surface area contributed by atoms with Crippen LogP contribution in [-0.2, 0) is 16.0 Å². The molecule has 0 saturated heterocycles. The van der Waals surface area contributed by atoms with Crippen LogP contribution in [0.2, 0.25) is 0 Å². The van der Waals surface area contributed by atoms with E-state index in [1.54, 1.807) is 20.8 Å². The Morgan fingerprint density at radius 1 is 1.39 bits per heavy atom. The van der Waals surface area contributed by atoms with Gasteiger partial charge in [-0.2, -0.15) is 0 Å². The number of aliphatic carboxylic acids is 1. The number of aromatic nitrogens is 2. The second-order valence-electron chi connectivity index (χ2n) is 6.45. The molecule has 1 heterocycles. The average Bonchev–Trinajstić information content (AvgIpc) is 2.76. The van der Waals surface area contributed by atoms with Crippen LogP contribution in [0.1, 0.15) is 32.2 Å². The van der Waals surface area contributed by atoms with Crippen LogP contribution < -0.4 is 5.32 Å². The zero-order chi connectivity index (χ0) is 17.2. The van der Waals surface area contributed by atoms with Crippen LogP contribution in [-0.4, -0.2) is 38.8 Å². The molecule has 0 spiro atoms. The summed E-state index contributed by atoms with van der Waals surface area (Å²) in [7, 11) is 0. The van der Waals surface area contributed by atoms with E-state index in [4.69, 9.17) is 4.74 Å². The van der Waals surface area contributed by atoms with Crippen molar-refractivity contribution in [2.45, 2.75) is 45.8 Å². The lowest BCUT2D eigenvalue weighted by molar-refractivity contribution is -0.139. The van der Waals surface area contributed by atoms with Crippen LogP contribution in [0.5, 0.6) is 0 Å². The zero-order valence-corrected chi connectivity index (χ0v) is 13.6. The van der Waals surface area contributed by atoms with Crippen molar-refractivity contribution in [3.05, 3.63) is 29.6 Å². The molecule has 0 radical (unpaired) electrons. The molecule has 2 aromatic rings. The Balaban J connectivity index is 2.11. The van der Waals surface area contributed by atoms with Crippen LogP contribution >= 0.6 is 0 Å². The number of alkyl carbamates (subject to hydrolysis) is 1. The number of nitrogens with zero attached hydrogens (tertiary/aromatic N) is 1. The van der Waals surface area contributed by atoms with E-state index in [0.717, 1.165) is 16.6 Å². The predicted octanol–water partition coefficient (Wildman–Crippen LogP) is 2.39. The molecular weight excluding hydrogens is 298 g/mol. The number of ether oxygens (including phenoxy) is 1. The van der Waals surface area contributed by atoms with Gasteiger partial charge in [-0.3, -0.25) is 0 Å². The Kier molecular flexibility index (Phi) is 4.58. The molecule has 1 amide bonds. The number of fused-ring (bicyclic) bond motifs is 1. The van der Waals surface area contributed by atoms with E-state index in [-0.39, 0.29) is 6.42 Å². The zero-order valence-electron chi connectivity index (χ0n) is 13.6. The highest BCUT2D eigenvalue weighted by atomic mass is 16.6. The topological polar surface area (TPSA) is 104 Å². The monoisotopic (exact) mass is 319 g/mol. The largest absolute Gasteiger partial charge is 0.480 e. The quantitative estimate of drug-likeness (QED) is 0.802. The first-order valence-electron chi connectivity index (χ1n) is 7.31. The maximum Gasteiger partial charge on any atom is 0.408 e. The van der Waals surface area contributed by atoms with E-state index in [0.29, 0.717) is 5.82 Å². The second-order valence-corrected chi connectivity index (χ2v) is 6.45. The van der Waals surface area contributed by atoms with Crippen molar-refractivity contribution in [2.75, 3.05) is 0 Å². The summed E-state index contributed by atoms with van der Waals surface area (Å²) in [6, 6.07) is 4.61. The minimum atomic E-state index is -1.15. The van der Waals surface area contributed by atoms with Gasteiger partial charge in [0, 0.05) is 6.42 Å². The van der Waals surface area contributed by atoms with Gasteiger partial charge in [0.15, 0.2) is 0 Å². The first-order chi connectivity index (χ1) is 10.6. The van der Waals surface area contributed by atoms with E-state index in [1.165, 1.54) is 0 Å². The number of amides is 1. The molecule has 1 aromatic carbocycles. The summed E-state index contributed by atoms with van der Waals surface area (Å²) in [5.41, 5.74) is 1.98. The van der Waals surface area contributed by atoms with Crippen molar-refractivity contribution in [1.29, 1.82) is 0 Å². The average molecular weight is 319 g/mol. The van der Waals surface area contributed by atoms with E-state index in [2.05, 4.69) is 15.3 Å². The summed E-state index contributed by atoms with van der Waals surface area (Å²) in [4.78, 5) is 30.5. The number of carboxylic acid groups (broad SMARTS) is 1. The van der Waals surface area contributed by atoms with Crippen molar-refractivity contribution >= 4 is 23.1 Å². The lowest BCUT2D eigenvalue weighted by atomic mass is 10.2. The number of aromatic amines is 1. The lowest BCUT2D eigenvalue weighted by Crippen LogP contribution is -2.44. The summed E-state index contributed by atoms with van der Waals surface area (Å²) in [5, 5.41) is 11.6. The third-order valence-corrected chi connectivity index (χ3v) is 3.07. The van der Waals surface area contributed by atoms with Crippen molar-refractivity contribution in [3.8, 4) is 0 Å². The molecule has 0 aliphatic rings. The maximum atomic E-state index is 11.8. The Hall–Kier alpha value is -2.57. The minimum Gasteiger partial charge on any atom is -0.480 e. The molecule has 1 atom stereocenters. The summed E-state index contributed by atoms with van der Waals surface area (Å²) in [6.07, 6.45) is -0.723. The SMILES string of the molecule is Cc1ccc2nc(CC(NC(=O)OC(C)(C)C)C(=O)O)[nH]c2c1. The van der Waals surface area contributed by atoms with Gasteiger partial charge in [-0.15, -0.1) is 0 Å². The highest BCUT2D eigenvalue weighted by molar-refractivity contribution is 5.81. The van der Waals surface area contributed by atoms with Crippen molar-refractivity contribution < 1.29 is 19.4 Å². The van der Waals surface area contributed by atoms with Crippen LogP contribution in [0, 0.1) is 6.92 Å². The molecule has 0 bridgehead atoms. The molecule has 1 aromatic heterocycles. The summed E-state index contributed by atoms with van der Waals surface area (Å²) in [6.45, 7) is 7.10. The van der Waals surface area contributed by atoms with E-state index in [1.807, 2.05) is 25.1 Å². The van der Waals surface area contributed by atoms with Crippen molar-refractivity contribution in [3.63, 3.8) is 0 Å². The van der Waals surface area contributed by atoms with E-state index in [9.17, 15) is 14.7 Å².